The molecule has 0 bridgehead atoms. The largest absolute Gasteiger partial charge is 0.481 e. The van der Waals surface area contributed by atoms with Gasteiger partial charge in [0.25, 0.3) is 0 Å². The molecule has 1 saturated carbocycles. The van der Waals surface area contributed by atoms with Crippen LogP contribution in [0.15, 0.2) is 48.5 Å². The minimum absolute atomic E-state index is 0.00677. The van der Waals surface area contributed by atoms with Crippen molar-refractivity contribution in [1.82, 2.24) is 10.6 Å². The van der Waals surface area contributed by atoms with Crippen molar-refractivity contribution in [3.8, 4) is 11.1 Å². The van der Waals surface area contributed by atoms with Crippen molar-refractivity contribution in [1.29, 1.82) is 0 Å². The van der Waals surface area contributed by atoms with Gasteiger partial charge in [0.15, 0.2) is 0 Å². The van der Waals surface area contributed by atoms with Crippen LogP contribution < -0.4 is 10.6 Å². The molecule has 2 aromatic carbocycles. The molecule has 0 radical (unpaired) electrons. The van der Waals surface area contributed by atoms with Gasteiger partial charge in [0, 0.05) is 24.9 Å². The van der Waals surface area contributed by atoms with Crippen LogP contribution in [0.1, 0.15) is 56.6 Å². The molecule has 0 heterocycles. The Morgan fingerprint density at radius 2 is 1.60 bits per heavy atom. The molecule has 4 rings (SSSR count). The van der Waals surface area contributed by atoms with E-state index in [2.05, 4.69) is 34.9 Å². The van der Waals surface area contributed by atoms with E-state index in [9.17, 15) is 14.4 Å². The molecule has 2 unspecified atom stereocenters. The quantitative estimate of drug-likeness (QED) is 0.490. The van der Waals surface area contributed by atoms with Crippen molar-refractivity contribution in [3.63, 3.8) is 0 Å². The van der Waals surface area contributed by atoms with Gasteiger partial charge in [0.2, 0.25) is 5.91 Å². The van der Waals surface area contributed by atoms with Crippen LogP contribution in [0.4, 0.5) is 4.79 Å². The number of fused-ring (bicyclic) bond motifs is 3. The molecule has 2 atom stereocenters. The summed E-state index contributed by atoms with van der Waals surface area (Å²) in [5.41, 5.74) is 4.18. The lowest BCUT2D eigenvalue weighted by molar-refractivity contribution is -0.139. The van der Waals surface area contributed by atoms with Gasteiger partial charge < -0.3 is 20.5 Å². The molecule has 0 spiro atoms. The standard InChI is InChI=1S/C28H34N2O5/c1-28(2,14-25(31)32)17-30-26(33)19-13-7-8-18(19)15-29-27(34)35-16-24-22-11-5-3-9-20(22)21-10-4-6-12-23(21)24/h3-6,9-12,18-19,24H,7-8,13-17H2,1-2H3,(H,29,34)(H,30,33)(H,31,32). The zero-order valence-corrected chi connectivity index (χ0v) is 20.4. The summed E-state index contributed by atoms with van der Waals surface area (Å²) in [6, 6.07) is 16.4. The van der Waals surface area contributed by atoms with E-state index in [1.54, 1.807) is 0 Å². The third-order valence-corrected chi connectivity index (χ3v) is 7.22. The number of carbonyl (C=O) groups is 3. The summed E-state index contributed by atoms with van der Waals surface area (Å²) in [7, 11) is 0. The van der Waals surface area contributed by atoms with Crippen LogP contribution in [-0.2, 0) is 14.3 Å². The Bertz CT molecular complexity index is 1050. The van der Waals surface area contributed by atoms with Crippen LogP contribution >= 0.6 is 0 Å². The SMILES string of the molecule is CC(C)(CNC(=O)C1CCCC1CNC(=O)OCC1c2ccccc2-c2ccccc21)CC(=O)O. The lowest BCUT2D eigenvalue weighted by Gasteiger charge is -2.25. The average molecular weight is 479 g/mol. The molecular formula is C28H34N2O5. The predicted octanol–water partition coefficient (Wildman–Crippen LogP) is 4.56. The number of aliphatic carboxylic acids is 1. The number of carboxylic acids is 1. The summed E-state index contributed by atoms with van der Waals surface area (Å²) in [5, 5.41) is 14.8. The number of carboxylic acid groups (broad SMARTS) is 1. The minimum Gasteiger partial charge on any atom is -0.481 e. The van der Waals surface area contributed by atoms with E-state index in [4.69, 9.17) is 9.84 Å². The van der Waals surface area contributed by atoms with Crippen LogP contribution in [0.3, 0.4) is 0 Å². The Hall–Kier alpha value is -3.35. The molecule has 0 aliphatic heterocycles. The highest BCUT2D eigenvalue weighted by molar-refractivity contribution is 5.80. The molecule has 1 fully saturated rings. The number of ether oxygens (including phenoxy) is 1. The second kappa shape index (κ2) is 10.5. The van der Waals surface area contributed by atoms with Crippen molar-refractivity contribution in [3.05, 3.63) is 59.7 Å². The van der Waals surface area contributed by atoms with Gasteiger partial charge in [0.05, 0.1) is 6.42 Å². The van der Waals surface area contributed by atoms with E-state index in [0.29, 0.717) is 13.1 Å². The first-order chi connectivity index (χ1) is 16.7. The maximum Gasteiger partial charge on any atom is 0.407 e. The van der Waals surface area contributed by atoms with E-state index in [1.165, 1.54) is 22.3 Å². The number of hydrogen-bond donors (Lipinski definition) is 3. The number of alkyl carbamates (subject to hydrolysis) is 1. The molecule has 2 aliphatic rings. The zero-order chi connectivity index (χ0) is 25.0. The maximum absolute atomic E-state index is 12.8. The fourth-order valence-electron chi connectivity index (χ4n) is 5.42. The highest BCUT2D eigenvalue weighted by atomic mass is 16.5. The number of benzene rings is 2. The number of rotatable bonds is 9. The average Bonchev–Trinajstić information content (AvgIpc) is 3.42. The van der Waals surface area contributed by atoms with E-state index in [-0.39, 0.29) is 36.7 Å². The normalized spacial score (nSPS) is 19.0. The molecule has 3 N–H and O–H groups in total. The summed E-state index contributed by atoms with van der Waals surface area (Å²) < 4.78 is 5.62. The molecule has 35 heavy (non-hydrogen) atoms. The van der Waals surface area contributed by atoms with Crippen LogP contribution in [0.5, 0.6) is 0 Å². The van der Waals surface area contributed by atoms with Gasteiger partial charge in [-0.2, -0.15) is 0 Å². The molecule has 2 aliphatic carbocycles. The highest BCUT2D eigenvalue weighted by Crippen LogP contribution is 2.44. The van der Waals surface area contributed by atoms with Crippen LogP contribution in [0.25, 0.3) is 11.1 Å². The van der Waals surface area contributed by atoms with Crippen LogP contribution in [-0.4, -0.2) is 42.8 Å². The van der Waals surface area contributed by atoms with Gasteiger partial charge in [-0.25, -0.2) is 4.79 Å². The van der Waals surface area contributed by atoms with Crippen molar-refractivity contribution in [2.75, 3.05) is 19.7 Å². The molecule has 186 valence electrons. The molecule has 0 saturated heterocycles. The van der Waals surface area contributed by atoms with Gasteiger partial charge in [-0.05, 0) is 46.4 Å². The fourth-order valence-corrected chi connectivity index (χ4v) is 5.42. The van der Waals surface area contributed by atoms with Gasteiger partial charge >= 0.3 is 12.1 Å². The number of nitrogens with one attached hydrogen (secondary N) is 2. The van der Waals surface area contributed by atoms with E-state index < -0.39 is 17.5 Å². The van der Waals surface area contributed by atoms with Gasteiger partial charge in [-0.3, -0.25) is 9.59 Å². The van der Waals surface area contributed by atoms with Gasteiger partial charge in [-0.15, -0.1) is 0 Å². The first-order valence-corrected chi connectivity index (χ1v) is 12.3. The summed E-state index contributed by atoms with van der Waals surface area (Å²) in [4.78, 5) is 36.3. The molecule has 2 aromatic rings. The van der Waals surface area contributed by atoms with Crippen molar-refractivity contribution >= 4 is 18.0 Å². The predicted molar refractivity (Wildman–Crippen MR) is 133 cm³/mol. The highest BCUT2D eigenvalue weighted by Gasteiger charge is 2.34. The lowest BCUT2D eigenvalue weighted by Crippen LogP contribution is -2.41. The van der Waals surface area contributed by atoms with Gasteiger partial charge in [0.1, 0.15) is 6.61 Å². The number of hydrogen-bond acceptors (Lipinski definition) is 4. The Kier molecular flexibility index (Phi) is 7.43. The third kappa shape index (κ3) is 5.84. The van der Waals surface area contributed by atoms with Crippen LogP contribution in [0.2, 0.25) is 0 Å². The number of amides is 2. The van der Waals surface area contributed by atoms with E-state index in [0.717, 1.165) is 19.3 Å². The third-order valence-electron chi connectivity index (χ3n) is 7.22. The van der Waals surface area contributed by atoms with E-state index in [1.807, 2.05) is 38.1 Å². The maximum atomic E-state index is 12.8. The van der Waals surface area contributed by atoms with E-state index >= 15 is 0 Å². The smallest absolute Gasteiger partial charge is 0.407 e. The van der Waals surface area contributed by atoms with Crippen molar-refractivity contribution < 1.29 is 24.2 Å². The summed E-state index contributed by atoms with van der Waals surface area (Å²) in [6.45, 7) is 4.60. The molecule has 2 amide bonds. The summed E-state index contributed by atoms with van der Waals surface area (Å²) in [6.07, 6.45) is 2.07. The molecule has 7 heteroatoms. The van der Waals surface area contributed by atoms with Crippen molar-refractivity contribution in [2.45, 2.75) is 45.4 Å². The monoisotopic (exact) mass is 478 g/mol. The van der Waals surface area contributed by atoms with Gasteiger partial charge in [-0.1, -0.05) is 68.8 Å². The Balaban J connectivity index is 1.27. The Labute approximate surface area is 206 Å². The first kappa shape index (κ1) is 24.8. The molecule has 7 nitrogen and oxygen atoms in total. The Morgan fingerprint density at radius 1 is 0.971 bits per heavy atom. The lowest BCUT2D eigenvalue weighted by atomic mass is 9.88. The molecular weight excluding hydrogens is 444 g/mol. The van der Waals surface area contributed by atoms with Crippen LogP contribution in [0, 0.1) is 17.3 Å². The second-order valence-corrected chi connectivity index (χ2v) is 10.5. The topological polar surface area (TPSA) is 105 Å². The minimum atomic E-state index is -0.879. The molecule has 0 aromatic heterocycles. The number of carbonyl (C=O) groups excluding carboxylic acids is 2. The summed E-state index contributed by atoms with van der Waals surface area (Å²) in [5.74, 6) is -1.09. The first-order valence-electron chi connectivity index (χ1n) is 12.3. The second-order valence-electron chi connectivity index (χ2n) is 10.5. The zero-order valence-electron chi connectivity index (χ0n) is 20.4. The fraction of sp³-hybridized carbons (Fsp3) is 0.464. The van der Waals surface area contributed by atoms with Crippen molar-refractivity contribution in [2.24, 2.45) is 17.3 Å². The Morgan fingerprint density at radius 3 is 2.23 bits per heavy atom. The summed E-state index contributed by atoms with van der Waals surface area (Å²) >= 11 is 0.